The van der Waals surface area contributed by atoms with Crippen molar-refractivity contribution < 1.29 is 14.4 Å². The van der Waals surface area contributed by atoms with Crippen molar-refractivity contribution >= 4 is 11.5 Å². The highest BCUT2D eigenvalue weighted by molar-refractivity contribution is 5.66. The number of anilines is 1. The van der Waals surface area contributed by atoms with Crippen molar-refractivity contribution in [3.8, 4) is 28.8 Å². The van der Waals surface area contributed by atoms with Gasteiger partial charge in [0.2, 0.25) is 5.82 Å². The molecule has 1 aliphatic heterocycles. The van der Waals surface area contributed by atoms with E-state index in [1.54, 1.807) is 24.3 Å². The highest BCUT2D eigenvalue weighted by atomic mass is 16.6. The van der Waals surface area contributed by atoms with Gasteiger partial charge in [-0.05, 0) is 55.2 Å². The summed E-state index contributed by atoms with van der Waals surface area (Å²) >= 11 is 0. The Morgan fingerprint density at radius 1 is 1.14 bits per heavy atom. The van der Waals surface area contributed by atoms with Crippen LogP contribution in [0.2, 0.25) is 0 Å². The van der Waals surface area contributed by atoms with Crippen LogP contribution in [-0.2, 0) is 4.74 Å². The Labute approximate surface area is 203 Å². The zero-order chi connectivity index (χ0) is 24.8. The van der Waals surface area contributed by atoms with Crippen molar-refractivity contribution in [2.24, 2.45) is 5.92 Å². The summed E-state index contributed by atoms with van der Waals surface area (Å²) < 4.78 is 11.4. The third-order valence-corrected chi connectivity index (χ3v) is 5.95. The average Bonchev–Trinajstić information content (AvgIpc) is 2.89. The van der Waals surface area contributed by atoms with Crippen LogP contribution in [0.1, 0.15) is 25.3 Å². The molecule has 0 unspecified atom stereocenters. The largest absolute Gasteiger partial charge is 0.499 e. The summed E-state index contributed by atoms with van der Waals surface area (Å²) in [6.45, 7) is 7.68. The predicted octanol–water partition coefficient (Wildman–Crippen LogP) is 5.48. The fourth-order valence-electron chi connectivity index (χ4n) is 4.10. The maximum absolute atomic E-state index is 12.0. The number of nitro groups is 1. The molecule has 2 heterocycles. The number of hydrogen-bond donors (Lipinski definition) is 0. The van der Waals surface area contributed by atoms with Gasteiger partial charge in [-0.1, -0.05) is 30.8 Å². The van der Waals surface area contributed by atoms with Crippen LogP contribution in [0.5, 0.6) is 11.6 Å². The lowest BCUT2D eigenvalue weighted by atomic mass is 9.95. The SMILES string of the molecule is C=C(OCC)C1CCN(c2ncnc(Oc3ccc(-c4ccc(C#N)cc4)cc3)c2[N+](=O)[O-])CC1. The van der Waals surface area contributed by atoms with Gasteiger partial charge < -0.3 is 14.4 Å². The minimum atomic E-state index is -0.499. The molecule has 1 aliphatic rings. The minimum absolute atomic E-state index is 0.105. The van der Waals surface area contributed by atoms with Crippen LogP contribution < -0.4 is 9.64 Å². The van der Waals surface area contributed by atoms with Gasteiger partial charge in [-0.2, -0.15) is 10.2 Å². The second-order valence-electron chi connectivity index (χ2n) is 8.08. The molecule has 35 heavy (non-hydrogen) atoms. The Morgan fingerprint density at radius 3 is 2.34 bits per heavy atom. The van der Waals surface area contributed by atoms with Crippen molar-refractivity contribution in [3.05, 3.63) is 82.9 Å². The number of ether oxygens (including phenoxy) is 2. The molecular weight excluding hydrogens is 446 g/mol. The van der Waals surface area contributed by atoms with Gasteiger partial charge in [0.05, 0.1) is 28.9 Å². The van der Waals surface area contributed by atoms with E-state index < -0.39 is 4.92 Å². The number of nitriles is 1. The van der Waals surface area contributed by atoms with E-state index in [1.807, 2.05) is 36.1 Å². The van der Waals surface area contributed by atoms with E-state index in [2.05, 4.69) is 22.6 Å². The van der Waals surface area contributed by atoms with Crippen LogP contribution >= 0.6 is 0 Å². The molecule has 0 saturated carbocycles. The number of nitrogens with zero attached hydrogens (tertiary/aromatic N) is 5. The molecule has 0 N–H and O–H groups in total. The fraction of sp³-hybridized carbons (Fsp3) is 0.269. The highest BCUT2D eigenvalue weighted by Gasteiger charge is 2.32. The summed E-state index contributed by atoms with van der Waals surface area (Å²) in [5.74, 6) is 1.54. The molecule has 1 saturated heterocycles. The molecule has 0 aliphatic carbocycles. The number of piperidine rings is 1. The van der Waals surface area contributed by atoms with Crippen LogP contribution in [-0.4, -0.2) is 34.6 Å². The topological polar surface area (TPSA) is 114 Å². The maximum Gasteiger partial charge on any atom is 0.373 e. The highest BCUT2D eigenvalue weighted by Crippen LogP contribution is 2.38. The first-order valence-electron chi connectivity index (χ1n) is 11.3. The Kier molecular flexibility index (Phi) is 7.21. The molecular formula is C26H25N5O4. The molecule has 1 fully saturated rings. The lowest BCUT2D eigenvalue weighted by Gasteiger charge is -2.32. The molecule has 4 rings (SSSR count). The standard InChI is InChI=1S/C26H25N5O4/c1-3-34-18(2)20-12-14-30(15-13-20)25-24(31(32)33)26(29-17-28-25)35-23-10-8-22(9-11-23)21-6-4-19(16-27)5-7-21/h4-11,17,20H,2-3,12-15H2,1H3. The van der Waals surface area contributed by atoms with Crippen LogP contribution in [0.4, 0.5) is 11.5 Å². The van der Waals surface area contributed by atoms with Crippen molar-refractivity contribution in [1.29, 1.82) is 5.26 Å². The summed E-state index contributed by atoms with van der Waals surface area (Å²) in [5.41, 5.74) is 2.20. The summed E-state index contributed by atoms with van der Waals surface area (Å²) in [6, 6.07) is 16.5. The van der Waals surface area contributed by atoms with E-state index in [0.717, 1.165) is 29.7 Å². The second kappa shape index (κ2) is 10.7. The van der Waals surface area contributed by atoms with Gasteiger partial charge in [0, 0.05) is 19.0 Å². The molecule has 0 atom stereocenters. The molecule has 0 spiro atoms. The zero-order valence-electron chi connectivity index (χ0n) is 19.4. The summed E-state index contributed by atoms with van der Waals surface area (Å²) in [6.07, 6.45) is 2.83. The van der Waals surface area contributed by atoms with Gasteiger partial charge in [-0.3, -0.25) is 10.1 Å². The molecule has 178 valence electrons. The number of aromatic nitrogens is 2. The summed E-state index contributed by atoms with van der Waals surface area (Å²) in [5, 5.41) is 20.9. The van der Waals surface area contributed by atoms with Crippen LogP contribution in [0.25, 0.3) is 11.1 Å². The van der Waals surface area contributed by atoms with E-state index in [-0.39, 0.29) is 23.3 Å². The van der Waals surface area contributed by atoms with E-state index in [9.17, 15) is 10.1 Å². The monoisotopic (exact) mass is 471 g/mol. The minimum Gasteiger partial charge on any atom is -0.499 e. The van der Waals surface area contributed by atoms with Gasteiger partial charge in [0.25, 0.3) is 0 Å². The molecule has 2 aromatic carbocycles. The zero-order valence-corrected chi connectivity index (χ0v) is 19.4. The fourth-order valence-corrected chi connectivity index (χ4v) is 4.10. The quantitative estimate of drug-likeness (QED) is 0.241. The smallest absolute Gasteiger partial charge is 0.373 e. The molecule has 1 aromatic heterocycles. The second-order valence-corrected chi connectivity index (χ2v) is 8.08. The first-order valence-corrected chi connectivity index (χ1v) is 11.3. The molecule has 0 radical (unpaired) electrons. The number of benzene rings is 2. The molecule has 9 heteroatoms. The first kappa shape index (κ1) is 23.7. The number of allylic oxidation sites excluding steroid dienone is 1. The van der Waals surface area contributed by atoms with Gasteiger partial charge in [-0.25, -0.2) is 4.98 Å². The van der Waals surface area contributed by atoms with Gasteiger partial charge >= 0.3 is 11.6 Å². The predicted molar refractivity (Wildman–Crippen MR) is 131 cm³/mol. The number of rotatable bonds is 8. The Balaban J connectivity index is 1.52. The van der Waals surface area contributed by atoms with Crippen molar-refractivity contribution in [1.82, 2.24) is 9.97 Å². The van der Waals surface area contributed by atoms with E-state index in [0.29, 0.717) is 31.0 Å². The molecule has 0 bridgehead atoms. The molecule has 0 amide bonds. The van der Waals surface area contributed by atoms with E-state index in [4.69, 9.17) is 14.7 Å². The Bertz CT molecular complexity index is 1240. The van der Waals surface area contributed by atoms with E-state index in [1.165, 1.54) is 6.33 Å². The van der Waals surface area contributed by atoms with Crippen molar-refractivity contribution in [3.63, 3.8) is 0 Å². The summed E-state index contributed by atoms with van der Waals surface area (Å²) in [7, 11) is 0. The maximum atomic E-state index is 12.0. The van der Waals surface area contributed by atoms with Gasteiger partial charge in [0.15, 0.2) is 0 Å². The van der Waals surface area contributed by atoms with Crippen LogP contribution in [0.3, 0.4) is 0 Å². The third kappa shape index (κ3) is 5.38. The number of hydrogen-bond acceptors (Lipinski definition) is 8. The lowest BCUT2D eigenvalue weighted by molar-refractivity contribution is -0.385. The average molecular weight is 472 g/mol. The third-order valence-electron chi connectivity index (χ3n) is 5.95. The van der Waals surface area contributed by atoms with Gasteiger partial charge in [-0.15, -0.1) is 0 Å². The molecule has 9 nitrogen and oxygen atoms in total. The van der Waals surface area contributed by atoms with Crippen molar-refractivity contribution in [2.75, 3.05) is 24.6 Å². The first-order chi connectivity index (χ1) is 17.0. The van der Waals surface area contributed by atoms with Gasteiger partial charge in [0.1, 0.15) is 12.1 Å². The Hall–Kier alpha value is -4.45. The van der Waals surface area contributed by atoms with Crippen molar-refractivity contribution in [2.45, 2.75) is 19.8 Å². The lowest BCUT2D eigenvalue weighted by Crippen LogP contribution is -2.35. The van der Waals surface area contributed by atoms with Crippen LogP contribution in [0, 0.1) is 27.4 Å². The summed E-state index contributed by atoms with van der Waals surface area (Å²) in [4.78, 5) is 21.6. The van der Waals surface area contributed by atoms with E-state index >= 15 is 0 Å². The molecule has 3 aromatic rings. The normalized spacial score (nSPS) is 13.7. The Morgan fingerprint density at radius 2 is 1.77 bits per heavy atom. The van der Waals surface area contributed by atoms with Crippen LogP contribution in [0.15, 0.2) is 67.2 Å².